The van der Waals surface area contributed by atoms with Crippen LogP contribution in [0.4, 0.5) is 0 Å². The monoisotopic (exact) mass is 183 g/mol. The van der Waals surface area contributed by atoms with Gasteiger partial charge in [-0.1, -0.05) is 0 Å². The molecule has 0 aliphatic heterocycles. The van der Waals surface area contributed by atoms with Gasteiger partial charge in [-0.15, -0.1) is 0 Å². The van der Waals surface area contributed by atoms with Gasteiger partial charge in [-0.05, 0) is 0 Å². The Bertz CT molecular complexity index is 172. The number of rotatable bonds is 6. The summed E-state index contributed by atoms with van der Waals surface area (Å²) in [6.45, 7) is 2.69. The van der Waals surface area contributed by atoms with E-state index >= 15 is 0 Å². The predicted octanol–water partition coefficient (Wildman–Crippen LogP) is -9.16. The van der Waals surface area contributed by atoms with Gasteiger partial charge in [0, 0.05) is 0 Å². The Kier molecular flexibility index (Phi) is 8.27. The van der Waals surface area contributed by atoms with Gasteiger partial charge in [0.05, 0.1) is 0 Å². The molecule has 0 heterocycles. The van der Waals surface area contributed by atoms with E-state index in [0.29, 0.717) is 32.2 Å². The van der Waals surface area contributed by atoms with E-state index < -0.39 is 0 Å². The van der Waals surface area contributed by atoms with E-state index in [0.717, 1.165) is 0 Å². The van der Waals surface area contributed by atoms with Crippen molar-refractivity contribution < 1.29 is 0 Å². The molecule has 1 nitrogen and oxygen atoms in total. The van der Waals surface area contributed by atoms with Crippen molar-refractivity contribution in [2.45, 2.75) is 0 Å². The topological polar surface area (TPSA) is 12.4 Å². The van der Waals surface area contributed by atoms with Crippen molar-refractivity contribution in [1.82, 2.24) is 0 Å². The standard InChI is InChI=1S/B14H15N/c1-8-13(10(2)3)9-15-14(11(4)5)12(6)7/h8H,1-7H2. The maximum atomic E-state index is 4.79. The van der Waals surface area contributed by atoms with Crippen LogP contribution in [0, 0.1) is 0 Å². The molecule has 0 amide bonds. The van der Waals surface area contributed by atoms with Gasteiger partial charge in [-0.2, -0.15) is 0 Å². The molecule has 0 saturated heterocycles. The van der Waals surface area contributed by atoms with E-state index in [1.54, 1.807) is 0 Å². The Morgan fingerprint density at radius 3 is 1.60 bits per heavy atom. The van der Waals surface area contributed by atoms with Crippen LogP contribution in [0.2, 0.25) is 0 Å². The van der Waals surface area contributed by atoms with E-state index in [9.17, 15) is 0 Å². The summed E-state index contributed by atoms with van der Waals surface area (Å²) in [5, 5.41) is 0. The molecule has 0 unspecified atom stereocenters. The van der Waals surface area contributed by atoms with Gasteiger partial charge < -0.3 is 0 Å². The zero-order valence-electron chi connectivity index (χ0n) is 11.6. The van der Waals surface area contributed by atoms with Crippen molar-refractivity contribution in [2.75, 3.05) is 0 Å². The number of nitrogens with zero attached hydrogens (tertiary/aromatic N) is 1. The molecule has 0 aliphatic carbocycles. The molecule has 0 aromatic rings. The van der Waals surface area contributed by atoms with E-state index in [2.05, 4.69) is 61.1 Å². The van der Waals surface area contributed by atoms with Crippen LogP contribution in [-0.2, 0) is 0 Å². The summed E-state index contributed by atoms with van der Waals surface area (Å²) in [5.74, 6) is 0. The molecule has 0 aromatic heterocycles. The average molecular weight is 180 g/mol. The minimum absolute atomic E-state index is 0.484. The van der Waals surface area contributed by atoms with Crippen LogP contribution in [0.15, 0.2) is 4.81 Å². The number of hydrogen-bond acceptors (Lipinski definition) is 1. The fourth-order valence-electron chi connectivity index (χ4n) is 2.07. The van der Waals surface area contributed by atoms with Gasteiger partial charge in [0.25, 0.3) is 0 Å². The van der Waals surface area contributed by atoms with Crippen LogP contribution in [0.25, 0.3) is 0 Å². The fourth-order valence-corrected chi connectivity index (χ4v) is 2.07. The molecule has 0 bridgehead atoms. The molecule has 0 spiro atoms. The average Bonchev–Trinajstić information content (AvgIpc) is 2.10. The van der Waals surface area contributed by atoms with Crippen molar-refractivity contribution in [3.63, 3.8) is 0 Å². The Labute approximate surface area is 105 Å². The first kappa shape index (κ1) is 15.7. The minimum atomic E-state index is 0.484. The zero-order valence-corrected chi connectivity index (χ0v) is 11.6. The second-order valence-corrected chi connectivity index (χ2v) is 5.59. The third-order valence-corrected chi connectivity index (χ3v) is 3.14. The third-order valence-electron chi connectivity index (χ3n) is 3.14. The Morgan fingerprint density at radius 1 is 0.867 bits per heavy atom. The first-order chi connectivity index (χ1) is 6.90. The molecule has 0 aromatic carbocycles. The van der Waals surface area contributed by atoms with E-state index in [1.165, 1.54) is 7.06 Å². The molecule has 62 valence electrons. The van der Waals surface area contributed by atoms with Crippen molar-refractivity contribution in [1.29, 1.82) is 0 Å². The quantitative estimate of drug-likeness (QED) is 0.360. The van der Waals surface area contributed by atoms with Crippen LogP contribution in [0.5, 0.6) is 0 Å². The van der Waals surface area contributed by atoms with Gasteiger partial charge in [-0.25, -0.2) is 0 Å². The number of hydrogen-bond donors (Lipinski definition) is 0. The Morgan fingerprint density at radius 2 is 1.33 bits per heavy atom. The van der Waals surface area contributed by atoms with Crippen LogP contribution in [0.3, 0.4) is 0 Å². The molecule has 0 radical (unpaired) electrons. The summed E-state index contributed by atoms with van der Waals surface area (Å²) >= 11 is 0. The maximum absolute atomic E-state index is 4.79. The summed E-state index contributed by atoms with van der Waals surface area (Å²) < 4.78 is 0. The molecule has 0 aliphatic rings. The van der Waals surface area contributed by atoms with Gasteiger partial charge in [0.1, 0.15) is 0 Å². The van der Waals surface area contributed by atoms with E-state index in [4.69, 9.17) is 4.81 Å². The SMILES string of the molecule is BBB(/B=N/B(B(B)B)B(B)B)B(B)B. The normalized spacial score (nSPS) is 9.07. The summed E-state index contributed by atoms with van der Waals surface area (Å²) in [7, 11) is 17.0. The summed E-state index contributed by atoms with van der Waals surface area (Å²) in [6, 6.07) is 0. The first-order valence-electron chi connectivity index (χ1n) is 6.43. The predicted molar refractivity (Wildman–Crippen MR) is 104 cm³/mol. The Hall–Kier alpha value is 0.709. The third kappa shape index (κ3) is 6.12. The molecular formula is H15B14N. The summed E-state index contributed by atoms with van der Waals surface area (Å²) in [4.78, 5) is 4.79. The zero-order chi connectivity index (χ0) is 12.0. The summed E-state index contributed by atoms with van der Waals surface area (Å²) in [5.41, 5.74) is 0. The van der Waals surface area contributed by atoms with Crippen molar-refractivity contribution >= 4 is 100 Å². The first-order valence-corrected chi connectivity index (χ1v) is 6.43. The van der Waals surface area contributed by atoms with Crippen molar-refractivity contribution in [2.24, 2.45) is 4.81 Å². The van der Waals surface area contributed by atoms with Crippen molar-refractivity contribution in [3.05, 3.63) is 0 Å². The van der Waals surface area contributed by atoms with E-state index in [-0.39, 0.29) is 0 Å². The van der Waals surface area contributed by atoms with Crippen molar-refractivity contribution in [3.8, 4) is 0 Å². The molecule has 0 fully saturated rings. The second kappa shape index (κ2) is 7.90. The Balaban J connectivity index is 4.44. The molecule has 15 heavy (non-hydrogen) atoms. The molecule has 0 N–H and O–H groups in total. The molecule has 0 rings (SSSR count). The molecular weight excluding hydrogens is 165 g/mol. The molecule has 0 atom stereocenters. The molecule has 15 heteroatoms. The second-order valence-electron chi connectivity index (χ2n) is 5.59. The van der Waals surface area contributed by atoms with Crippen LogP contribution >= 0.6 is 0 Å². The van der Waals surface area contributed by atoms with Crippen LogP contribution in [0.1, 0.15) is 0 Å². The summed E-state index contributed by atoms with van der Waals surface area (Å²) in [6.07, 6.45) is 2.64. The fraction of sp³-hybridized carbons (Fsp3) is 0. The van der Waals surface area contributed by atoms with E-state index in [1.807, 2.05) is 0 Å². The van der Waals surface area contributed by atoms with Gasteiger partial charge >= 0.3 is 105 Å². The van der Waals surface area contributed by atoms with Crippen LogP contribution < -0.4 is 0 Å². The molecule has 0 saturated carbocycles. The van der Waals surface area contributed by atoms with Crippen LogP contribution in [-0.4, -0.2) is 100 Å². The van der Waals surface area contributed by atoms with Gasteiger partial charge in [0.15, 0.2) is 0 Å². The van der Waals surface area contributed by atoms with Gasteiger partial charge in [0.2, 0.25) is 0 Å². The van der Waals surface area contributed by atoms with Gasteiger partial charge in [-0.3, -0.25) is 0 Å².